The predicted octanol–water partition coefficient (Wildman–Crippen LogP) is 4.14. The first-order chi connectivity index (χ1) is 12.7. The van der Waals surface area contributed by atoms with Gasteiger partial charge in [-0.2, -0.15) is 0 Å². The van der Waals surface area contributed by atoms with Crippen LogP contribution < -0.4 is 5.32 Å². The van der Waals surface area contributed by atoms with E-state index in [-0.39, 0.29) is 0 Å². The van der Waals surface area contributed by atoms with Crippen LogP contribution in [-0.4, -0.2) is 25.0 Å². The van der Waals surface area contributed by atoms with Gasteiger partial charge in [-0.05, 0) is 54.8 Å². The van der Waals surface area contributed by atoms with Crippen molar-refractivity contribution in [1.82, 2.24) is 5.32 Å². The van der Waals surface area contributed by atoms with Crippen LogP contribution in [0.2, 0.25) is 5.02 Å². The fraction of sp³-hybridized carbons (Fsp3) is 0.238. The molecule has 0 saturated heterocycles. The third kappa shape index (κ3) is 4.59. The lowest BCUT2D eigenvalue weighted by Crippen LogP contribution is -2.21. The molecule has 0 atom stereocenters. The number of cyclic esters (lactones) is 1. The predicted molar refractivity (Wildman–Crippen MR) is 104 cm³/mol. The smallest absolute Gasteiger partial charge is 0.363 e. The molecule has 2 aromatic rings. The van der Waals surface area contributed by atoms with Crippen molar-refractivity contribution < 1.29 is 9.53 Å². The third-order valence-electron chi connectivity index (χ3n) is 4.22. The standard InChI is InChI=1S/C21H21ClN2O2/c1-2-16(14-23-13-12-15-6-4-3-5-7-15)19-21(25)26-20(24-19)17-8-10-18(22)11-9-17/h3-11,23H,2,12-14H2,1H3/b19-16-. The van der Waals surface area contributed by atoms with E-state index in [1.165, 1.54) is 5.56 Å². The van der Waals surface area contributed by atoms with E-state index < -0.39 is 5.97 Å². The number of carbonyl (C=O) groups is 1. The van der Waals surface area contributed by atoms with E-state index in [2.05, 4.69) is 22.4 Å². The molecule has 0 fully saturated rings. The molecule has 0 aromatic heterocycles. The largest absolute Gasteiger partial charge is 0.402 e. The van der Waals surface area contributed by atoms with Crippen molar-refractivity contribution in [3.8, 4) is 0 Å². The second kappa shape index (κ2) is 8.79. The zero-order valence-corrected chi connectivity index (χ0v) is 15.4. The molecule has 134 valence electrons. The second-order valence-corrected chi connectivity index (χ2v) is 6.47. The Labute approximate surface area is 158 Å². The highest BCUT2D eigenvalue weighted by Crippen LogP contribution is 2.21. The van der Waals surface area contributed by atoms with Gasteiger partial charge in [0, 0.05) is 17.1 Å². The molecule has 1 aliphatic rings. The molecule has 1 aliphatic heterocycles. The summed E-state index contributed by atoms with van der Waals surface area (Å²) in [5.41, 5.74) is 3.39. The van der Waals surface area contributed by atoms with Crippen LogP contribution in [0, 0.1) is 0 Å². The molecule has 4 nitrogen and oxygen atoms in total. The summed E-state index contributed by atoms with van der Waals surface area (Å²) in [6, 6.07) is 17.4. The number of carbonyl (C=O) groups excluding carboxylic acids is 1. The number of nitrogens with one attached hydrogen (secondary N) is 1. The summed E-state index contributed by atoms with van der Waals surface area (Å²) in [4.78, 5) is 16.6. The Morgan fingerprint density at radius 1 is 1.12 bits per heavy atom. The molecule has 0 amide bonds. The fourth-order valence-electron chi connectivity index (χ4n) is 2.74. The Morgan fingerprint density at radius 2 is 1.85 bits per heavy atom. The Kier molecular flexibility index (Phi) is 6.21. The number of esters is 1. The van der Waals surface area contributed by atoms with Gasteiger partial charge in [0.05, 0.1) is 0 Å². The summed E-state index contributed by atoms with van der Waals surface area (Å²) in [6.45, 7) is 3.47. The molecule has 0 aliphatic carbocycles. The number of rotatable bonds is 7. The molecule has 0 bridgehead atoms. The molecule has 0 unspecified atom stereocenters. The minimum absolute atomic E-state index is 0.330. The van der Waals surface area contributed by atoms with Crippen molar-refractivity contribution in [2.24, 2.45) is 4.99 Å². The lowest BCUT2D eigenvalue weighted by atomic mass is 10.1. The Morgan fingerprint density at radius 3 is 2.54 bits per heavy atom. The van der Waals surface area contributed by atoms with Crippen LogP contribution in [0.15, 0.2) is 70.9 Å². The number of halogens is 1. The molecule has 1 N–H and O–H groups in total. The monoisotopic (exact) mass is 368 g/mol. The molecule has 5 heteroatoms. The quantitative estimate of drug-likeness (QED) is 0.454. The van der Waals surface area contributed by atoms with E-state index in [1.807, 2.05) is 25.1 Å². The van der Waals surface area contributed by atoms with Crippen LogP contribution in [0.4, 0.5) is 0 Å². The number of nitrogens with zero attached hydrogens (tertiary/aromatic N) is 1. The van der Waals surface area contributed by atoms with Crippen molar-refractivity contribution in [2.45, 2.75) is 19.8 Å². The van der Waals surface area contributed by atoms with E-state index in [9.17, 15) is 4.79 Å². The molecule has 3 rings (SSSR count). The average Bonchev–Trinajstić information content (AvgIpc) is 3.05. The highest BCUT2D eigenvalue weighted by atomic mass is 35.5. The number of ether oxygens (including phenoxy) is 1. The minimum atomic E-state index is -0.392. The molecule has 0 radical (unpaired) electrons. The Hall–Kier alpha value is -2.43. The molecule has 0 spiro atoms. The number of hydrogen-bond donors (Lipinski definition) is 1. The van der Waals surface area contributed by atoms with Crippen LogP contribution in [0.5, 0.6) is 0 Å². The van der Waals surface area contributed by atoms with Crippen molar-refractivity contribution >= 4 is 23.5 Å². The minimum Gasteiger partial charge on any atom is -0.402 e. The van der Waals surface area contributed by atoms with Crippen LogP contribution >= 0.6 is 11.6 Å². The van der Waals surface area contributed by atoms with Gasteiger partial charge in [0.25, 0.3) is 0 Å². The maximum Gasteiger partial charge on any atom is 0.363 e. The van der Waals surface area contributed by atoms with Crippen LogP contribution in [0.1, 0.15) is 24.5 Å². The van der Waals surface area contributed by atoms with Crippen LogP contribution in [0.3, 0.4) is 0 Å². The van der Waals surface area contributed by atoms with Gasteiger partial charge in [-0.1, -0.05) is 48.9 Å². The number of aliphatic imine (C=N–C) groups is 1. The van der Waals surface area contributed by atoms with E-state index in [0.717, 1.165) is 30.5 Å². The first-order valence-electron chi connectivity index (χ1n) is 8.71. The van der Waals surface area contributed by atoms with Crippen LogP contribution in [0.25, 0.3) is 0 Å². The maximum atomic E-state index is 12.2. The van der Waals surface area contributed by atoms with E-state index in [0.29, 0.717) is 23.2 Å². The van der Waals surface area contributed by atoms with Gasteiger partial charge in [0.1, 0.15) is 0 Å². The van der Waals surface area contributed by atoms with Gasteiger partial charge in [-0.15, -0.1) is 0 Å². The Balaban J connectivity index is 1.65. The van der Waals surface area contributed by atoms with E-state index in [1.54, 1.807) is 24.3 Å². The molecular formula is C21H21ClN2O2. The first kappa shape index (κ1) is 18.4. The molecular weight excluding hydrogens is 348 g/mol. The van der Waals surface area contributed by atoms with Crippen molar-refractivity contribution in [1.29, 1.82) is 0 Å². The molecule has 1 heterocycles. The van der Waals surface area contributed by atoms with Gasteiger partial charge in [-0.25, -0.2) is 9.79 Å². The van der Waals surface area contributed by atoms with E-state index >= 15 is 0 Å². The summed E-state index contributed by atoms with van der Waals surface area (Å²) in [5, 5.41) is 4.02. The van der Waals surface area contributed by atoms with Gasteiger partial charge in [0.2, 0.25) is 5.90 Å². The lowest BCUT2D eigenvalue weighted by Gasteiger charge is -2.08. The zero-order chi connectivity index (χ0) is 18.4. The number of hydrogen-bond acceptors (Lipinski definition) is 4. The van der Waals surface area contributed by atoms with Gasteiger partial charge in [-0.3, -0.25) is 0 Å². The highest BCUT2D eigenvalue weighted by molar-refractivity contribution is 6.30. The number of benzene rings is 2. The Bertz CT molecular complexity index is 827. The summed E-state index contributed by atoms with van der Waals surface area (Å²) in [6.07, 6.45) is 1.68. The van der Waals surface area contributed by atoms with Crippen molar-refractivity contribution in [3.05, 3.63) is 82.0 Å². The maximum absolute atomic E-state index is 12.2. The fourth-order valence-corrected chi connectivity index (χ4v) is 2.86. The summed E-state index contributed by atoms with van der Waals surface area (Å²) in [5.74, 6) is -0.0615. The zero-order valence-electron chi connectivity index (χ0n) is 14.7. The van der Waals surface area contributed by atoms with Gasteiger partial charge < -0.3 is 10.1 Å². The molecule has 26 heavy (non-hydrogen) atoms. The normalized spacial score (nSPS) is 15.6. The van der Waals surface area contributed by atoms with Crippen molar-refractivity contribution in [2.75, 3.05) is 13.1 Å². The summed E-state index contributed by atoms with van der Waals surface area (Å²) in [7, 11) is 0. The van der Waals surface area contributed by atoms with E-state index in [4.69, 9.17) is 16.3 Å². The lowest BCUT2D eigenvalue weighted by molar-refractivity contribution is -0.130. The first-order valence-corrected chi connectivity index (χ1v) is 9.08. The van der Waals surface area contributed by atoms with Crippen molar-refractivity contribution in [3.63, 3.8) is 0 Å². The summed E-state index contributed by atoms with van der Waals surface area (Å²) < 4.78 is 5.34. The molecule has 2 aromatic carbocycles. The summed E-state index contributed by atoms with van der Waals surface area (Å²) >= 11 is 5.90. The average molecular weight is 369 g/mol. The van der Waals surface area contributed by atoms with Gasteiger partial charge in [0.15, 0.2) is 5.70 Å². The molecule has 0 saturated carbocycles. The van der Waals surface area contributed by atoms with Gasteiger partial charge >= 0.3 is 5.97 Å². The third-order valence-corrected chi connectivity index (χ3v) is 4.47. The second-order valence-electron chi connectivity index (χ2n) is 6.03. The SMILES string of the molecule is CC/C(CNCCc1ccccc1)=C1/N=C(c2ccc(Cl)cc2)OC1=O. The topological polar surface area (TPSA) is 50.7 Å². The highest BCUT2D eigenvalue weighted by Gasteiger charge is 2.26. The van der Waals surface area contributed by atoms with Crippen LogP contribution in [-0.2, 0) is 16.0 Å².